The molecule has 0 aliphatic carbocycles. The van der Waals surface area contributed by atoms with Gasteiger partial charge in [0.1, 0.15) is 5.02 Å². The third-order valence-electron chi connectivity index (χ3n) is 6.90. The molecule has 1 amide bonds. The fourth-order valence-corrected chi connectivity index (χ4v) is 5.71. The molecule has 0 spiro atoms. The second kappa shape index (κ2) is 10.6. The molecule has 2 unspecified atom stereocenters. The molecule has 5 rings (SSSR count). The molecule has 8 nitrogen and oxygen atoms in total. The van der Waals surface area contributed by atoms with Gasteiger partial charge in [0.25, 0.3) is 5.91 Å². The van der Waals surface area contributed by atoms with E-state index in [9.17, 15) is 4.79 Å². The van der Waals surface area contributed by atoms with Crippen molar-refractivity contribution < 1.29 is 9.53 Å². The van der Waals surface area contributed by atoms with E-state index < -0.39 is 0 Å². The fraction of sp³-hybridized carbons (Fsp3) is 0.346. The molecule has 1 fully saturated rings. The molecule has 2 aliphatic heterocycles. The molecule has 3 heterocycles. The van der Waals surface area contributed by atoms with E-state index in [2.05, 4.69) is 36.9 Å². The predicted molar refractivity (Wildman–Crippen MR) is 143 cm³/mol. The molecule has 1 saturated heterocycles. The van der Waals surface area contributed by atoms with Crippen LogP contribution in [0.5, 0.6) is 0 Å². The molecule has 0 saturated carbocycles. The summed E-state index contributed by atoms with van der Waals surface area (Å²) < 4.78 is 5.34. The van der Waals surface area contributed by atoms with E-state index in [1.165, 1.54) is 17.3 Å². The van der Waals surface area contributed by atoms with Gasteiger partial charge in [0.15, 0.2) is 5.82 Å². The minimum Gasteiger partial charge on any atom is -0.383 e. The van der Waals surface area contributed by atoms with Gasteiger partial charge in [-0.1, -0.05) is 41.4 Å². The zero-order valence-corrected chi connectivity index (χ0v) is 21.7. The Morgan fingerprint density at radius 1 is 1.14 bits per heavy atom. The lowest BCUT2D eigenvalue weighted by Crippen LogP contribution is -2.39. The first-order valence-corrected chi connectivity index (χ1v) is 12.7. The van der Waals surface area contributed by atoms with E-state index in [4.69, 9.17) is 27.9 Å². The standard InChI is InChI=1S/C26H28Cl2N6O2/c1-29-25(35)17-5-3-4-6-19(17)31-24-18(27)14-30-26(33-24)32-20-9-7-15-13-16-8-10-21(22(15)23(20)28)34(16)11-12-36-2/h3-7,9,14,16,21H,8,10-13H2,1-2H3,(H,29,35)(H2,30,31,32,33). The lowest BCUT2D eigenvalue weighted by atomic mass is 9.92. The number of nitrogens with zero attached hydrogens (tertiary/aromatic N) is 3. The summed E-state index contributed by atoms with van der Waals surface area (Å²) in [4.78, 5) is 23.7. The third kappa shape index (κ3) is 4.74. The minimum absolute atomic E-state index is 0.212. The zero-order chi connectivity index (χ0) is 25.2. The molecule has 3 aromatic rings. The molecular weight excluding hydrogens is 499 g/mol. The molecule has 2 aromatic carbocycles. The van der Waals surface area contributed by atoms with E-state index in [0.717, 1.165) is 31.5 Å². The van der Waals surface area contributed by atoms with Gasteiger partial charge in [-0.05, 0) is 48.6 Å². The monoisotopic (exact) mass is 526 g/mol. The van der Waals surface area contributed by atoms with Gasteiger partial charge < -0.3 is 20.7 Å². The molecule has 36 heavy (non-hydrogen) atoms. The fourth-order valence-electron chi connectivity index (χ4n) is 5.21. The second-order valence-corrected chi connectivity index (χ2v) is 9.73. The summed E-state index contributed by atoms with van der Waals surface area (Å²) in [5.74, 6) is 0.512. The topological polar surface area (TPSA) is 91.4 Å². The van der Waals surface area contributed by atoms with Crippen LogP contribution in [0.3, 0.4) is 0 Å². The van der Waals surface area contributed by atoms with Crippen LogP contribution in [0.4, 0.5) is 23.1 Å². The normalized spacial score (nSPS) is 18.6. The van der Waals surface area contributed by atoms with Crippen molar-refractivity contribution in [3.05, 3.63) is 69.3 Å². The Kier molecular flexibility index (Phi) is 7.29. The van der Waals surface area contributed by atoms with Crippen molar-refractivity contribution in [2.24, 2.45) is 0 Å². The maximum Gasteiger partial charge on any atom is 0.253 e. The predicted octanol–water partition coefficient (Wildman–Crippen LogP) is 5.34. The van der Waals surface area contributed by atoms with Crippen LogP contribution in [0.1, 0.15) is 40.4 Å². The van der Waals surface area contributed by atoms with Gasteiger partial charge in [0.05, 0.1) is 34.8 Å². The Hall–Kier alpha value is -2.91. The minimum atomic E-state index is -0.212. The van der Waals surface area contributed by atoms with Crippen molar-refractivity contribution in [3.8, 4) is 0 Å². The molecule has 188 valence electrons. The molecule has 0 radical (unpaired) electrons. The summed E-state index contributed by atoms with van der Waals surface area (Å²) in [6.45, 7) is 1.60. The van der Waals surface area contributed by atoms with Crippen molar-refractivity contribution in [1.29, 1.82) is 0 Å². The van der Waals surface area contributed by atoms with Crippen molar-refractivity contribution >= 4 is 52.3 Å². The first kappa shape index (κ1) is 24.8. The summed E-state index contributed by atoms with van der Waals surface area (Å²) in [7, 11) is 3.32. The average molecular weight is 527 g/mol. The number of halogens is 2. The number of aromatic nitrogens is 2. The summed E-state index contributed by atoms with van der Waals surface area (Å²) in [5.41, 5.74) is 4.29. The van der Waals surface area contributed by atoms with Crippen LogP contribution in [-0.4, -0.2) is 54.1 Å². The highest BCUT2D eigenvalue weighted by molar-refractivity contribution is 6.34. The molecule has 2 bridgehead atoms. The van der Waals surface area contributed by atoms with E-state index in [-0.39, 0.29) is 11.9 Å². The van der Waals surface area contributed by atoms with Crippen molar-refractivity contribution in [3.63, 3.8) is 0 Å². The number of anilines is 4. The summed E-state index contributed by atoms with van der Waals surface area (Å²) in [6, 6.07) is 12.1. The van der Waals surface area contributed by atoms with Gasteiger partial charge in [-0.2, -0.15) is 4.98 Å². The zero-order valence-electron chi connectivity index (χ0n) is 20.1. The van der Waals surface area contributed by atoms with Crippen LogP contribution >= 0.6 is 23.2 Å². The van der Waals surface area contributed by atoms with Crippen LogP contribution in [0.15, 0.2) is 42.6 Å². The maximum atomic E-state index is 12.3. The molecule has 10 heteroatoms. The average Bonchev–Trinajstić information content (AvgIpc) is 3.16. The Morgan fingerprint density at radius 2 is 1.97 bits per heavy atom. The van der Waals surface area contributed by atoms with E-state index in [0.29, 0.717) is 45.7 Å². The number of para-hydroxylation sites is 1. The number of amides is 1. The number of hydrogen-bond donors (Lipinski definition) is 3. The number of ether oxygens (including phenoxy) is 1. The Bertz CT molecular complexity index is 1290. The highest BCUT2D eigenvalue weighted by Gasteiger charge is 2.41. The van der Waals surface area contributed by atoms with Crippen LogP contribution in [0, 0.1) is 0 Å². The third-order valence-corrected chi connectivity index (χ3v) is 7.58. The molecule has 2 aliphatic rings. The SMILES string of the molecule is CNC(=O)c1ccccc1Nc1nc(Nc2ccc3c(c2Cl)C2CCC(C3)N2CCOC)ncc1Cl. The number of fused-ring (bicyclic) bond motifs is 4. The van der Waals surface area contributed by atoms with E-state index in [1.807, 2.05) is 12.1 Å². The van der Waals surface area contributed by atoms with Crippen LogP contribution in [0.2, 0.25) is 10.0 Å². The number of carbonyl (C=O) groups excluding carboxylic acids is 1. The van der Waals surface area contributed by atoms with Gasteiger partial charge in [-0.3, -0.25) is 9.69 Å². The summed E-state index contributed by atoms with van der Waals surface area (Å²) in [5, 5.41) is 10.1. The second-order valence-electron chi connectivity index (χ2n) is 8.95. The highest BCUT2D eigenvalue weighted by Crippen LogP contribution is 2.48. The first-order chi connectivity index (χ1) is 17.5. The molecule has 2 atom stereocenters. The summed E-state index contributed by atoms with van der Waals surface area (Å²) >= 11 is 13.4. The lowest BCUT2D eigenvalue weighted by Gasteiger charge is -2.37. The number of hydrogen-bond acceptors (Lipinski definition) is 7. The number of carbonyl (C=O) groups is 1. The number of nitrogens with one attached hydrogen (secondary N) is 3. The van der Waals surface area contributed by atoms with Gasteiger partial charge in [-0.15, -0.1) is 0 Å². The van der Waals surface area contributed by atoms with Crippen molar-refractivity contribution in [1.82, 2.24) is 20.2 Å². The molecule has 1 aromatic heterocycles. The van der Waals surface area contributed by atoms with Gasteiger partial charge in [0, 0.05) is 32.8 Å². The van der Waals surface area contributed by atoms with E-state index >= 15 is 0 Å². The lowest BCUT2D eigenvalue weighted by molar-refractivity contribution is 0.0964. The first-order valence-electron chi connectivity index (χ1n) is 11.9. The van der Waals surface area contributed by atoms with Crippen LogP contribution < -0.4 is 16.0 Å². The summed E-state index contributed by atoms with van der Waals surface area (Å²) in [6.07, 6.45) is 4.75. The van der Waals surface area contributed by atoms with E-state index in [1.54, 1.807) is 32.4 Å². The molecular formula is C26H28Cl2N6O2. The Labute approximate surface area is 220 Å². The van der Waals surface area contributed by atoms with Gasteiger partial charge >= 0.3 is 0 Å². The number of benzene rings is 2. The Balaban J connectivity index is 1.41. The molecule has 3 N–H and O–H groups in total. The number of methoxy groups -OCH3 is 1. The largest absolute Gasteiger partial charge is 0.383 e. The smallest absolute Gasteiger partial charge is 0.253 e. The van der Waals surface area contributed by atoms with Crippen molar-refractivity contribution in [2.75, 3.05) is 37.9 Å². The highest BCUT2D eigenvalue weighted by atomic mass is 35.5. The van der Waals surface area contributed by atoms with Gasteiger partial charge in [-0.25, -0.2) is 4.98 Å². The van der Waals surface area contributed by atoms with Crippen LogP contribution in [0.25, 0.3) is 0 Å². The number of rotatable bonds is 8. The maximum absolute atomic E-state index is 12.3. The van der Waals surface area contributed by atoms with Gasteiger partial charge in [0.2, 0.25) is 5.95 Å². The van der Waals surface area contributed by atoms with Crippen LogP contribution in [-0.2, 0) is 11.2 Å². The quantitative estimate of drug-likeness (QED) is 0.364. The van der Waals surface area contributed by atoms with Crippen molar-refractivity contribution in [2.45, 2.75) is 31.3 Å². The Morgan fingerprint density at radius 3 is 2.78 bits per heavy atom.